The molecule has 0 aliphatic heterocycles. The molecule has 0 fully saturated rings. The van der Waals surface area contributed by atoms with E-state index in [0.717, 1.165) is 6.42 Å². The number of halogens is 2. The minimum Gasteiger partial charge on any atom is -0.434 e. The van der Waals surface area contributed by atoms with Gasteiger partial charge in [-0.3, -0.25) is 0 Å². The Hall–Kier alpha value is -1.20. The third-order valence-electron chi connectivity index (χ3n) is 2.30. The first-order valence-corrected chi connectivity index (χ1v) is 5.49. The number of hydrogen-bond donors (Lipinski definition) is 1. The number of nitrogens with two attached hydrogens (primary N) is 1. The maximum atomic E-state index is 12.1. The summed E-state index contributed by atoms with van der Waals surface area (Å²) in [7, 11) is 0. The second-order valence-electron chi connectivity index (χ2n) is 3.67. The summed E-state index contributed by atoms with van der Waals surface area (Å²) >= 11 is 0. The highest BCUT2D eigenvalue weighted by Gasteiger charge is 2.09. The van der Waals surface area contributed by atoms with Crippen LogP contribution in [0.2, 0.25) is 0 Å². The standard InChI is InChI=1S/C12H17F2NO2/c1-2-10(15)8-16-7-9-5-3-4-6-11(9)17-12(13)14/h3-6,10,12H,2,7-8,15H2,1H3/t10-/m1/s1. The fraction of sp³-hybridized carbons (Fsp3) is 0.500. The van der Waals surface area contributed by atoms with Crippen molar-refractivity contribution < 1.29 is 18.3 Å². The molecule has 0 bridgehead atoms. The van der Waals surface area contributed by atoms with Gasteiger partial charge >= 0.3 is 6.61 Å². The first kappa shape index (κ1) is 13.9. The molecule has 0 saturated heterocycles. The van der Waals surface area contributed by atoms with Crippen molar-refractivity contribution in [2.45, 2.75) is 32.6 Å². The van der Waals surface area contributed by atoms with E-state index in [1.807, 2.05) is 6.92 Å². The molecule has 0 aliphatic rings. The van der Waals surface area contributed by atoms with E-state index >= 15 is 0 Å². The maximum absolute atomic E-state index is 12.1. The average molecular weight is 245 g/mol. The molecule has 0 heterocycles. The second-order valence-corrected chi connectivity index (χ2v) is 3.67. The van der Waals surface area contributed by atoms with Gasteiger partial charge in [0.25, 0.3) is 0 Å². The van der Waals surface area contributed by atoms with Crippen molar-refractivity contribution in [2.24, 2.45) is 5.73 Å². The molecule has 0 saturated carbocycles. The lowest BCUT2D eigenvalue weighted by molar-refractivity contribution is -0.0514. The molecule has 1 rings (SSSR count). The van der Waals surface area contributed by atoms with Crippen LogP contribution in [-0.2, 0) is 11.3 Å². The molecule has 5 heteroatoms. The number of alkyl halides is 2. The van der Waals surface area contributed by atoms with Gasteiger partial charge in [-0.05, 0) is 12.5 Å². The molecule has 3 nitrogen and oxygen atoms in total. The molecule has 0 unspecified atom stereocenters. The van der Waals surface area contributed by atoms with Crippen LogP contribution in [0.4, 0.5) is 8.78 Å². The molecule has 96 valence electrons. The summed E-state index contributed by atoms with van der Waals surface area (Å²) in [5.41, 5.74) is 6.27. The van der Waals surface area contributed by atoms with Crippen molar-refractivity contribution in [3.05, 3.63) is 29.8 Å². The zero-order valence-corrected chi connectivity index (χ0v) is 9.74. The Morgan fingerprint density at radius 3 is 2.65 bits per heavy atom. The molecular formula is C12H17F2NO2. The topological polar surface area (TPSA) is 44.5 Å². The van der Waals surface area contributed by atoms with Gasteiger partial charge in [0.15, 0.2) is 0 Å². The highest BCUT2D eigenvalue weighted by atomic mass is 19.3. The molecule has 0 radical (unpaired) electrons. The van der Waals surface area contributed by atoms with Crippen LogP contribution in [0.15, 0.2) is 24.3 Å². The Balaban J connectivity index is 2.51. The molecule has 1 atom stereocenters. The molecule has 0 amide bonds. The first-order chi connectivity index (χ1) is 8.13. The molecule has 0 aliphatic carbocycles. The van der Waals surface area contributed by atoms with Crippen LogP contribution in [0, 0.1) is 0 Å². The fourth-order valence-corrected chi connectivity index (χ4v) is 1.27. The van der Waals surface area contributed by atoms with E-state index in [0.29, 0.717) is 12.2 Å². The predicted molar refractivity (Wildman–Crippen MR) is 61.0 cm³/mol. The van der Waals surface area contributed by atoms with Crippen molar-refractivity contribution in [3.63, 3.8) is 0 Å². The lowest BCUT2D eigenvalue weighted by atomic mass is 10.2. The Kier molecular flexibility index (Phi) is 5.86. The van der Waals surface area contributed by atoms with Gasteiger partial charge in [0.1, 0.15) is 5.75 Å². The van der Waals surface area contributed by atoms with Gasteiger partial charge in [0.05, 0.1) is 13.2 Å². The van der Waals surface area contributed by atoms with Crippen LogP contribution in [0.5, 0.6) is 5.75 Å². The summed E-state index contributed by atoms with van der Waals surface area (Å²) in [6.07, 6.45) is 0.815. The summed E-state index contributed by atoms with van der Waals surface area (Å²) in [5.74, 6) is 0.146. The quantitative estimate of drug-likeness (QED) is 0.802. The first-order valence-electron chi connectivity index (χ1n) is 5.49. The predicted octanol–water partition coefficient (Wildman–Crippen LogP) is 2.54. The van der Waals surface area contributed by atoms with Crippen molar-refractivity contribution in [3.8, 4) is 5.75 Å². The SMILES string of the molecule is CC[C@@H](N)COCc1ccccc1OC(F)F. The van der Waals surface area contributed by atoms with Crippen molar-refractivity contribution in [1.29, 1.82) is 0 Å². The molecule has 0 aromatic heterocycles. The lowest BCUT2D eigenvalue weighted by Gasteiger charge is -2.12. The van der Waals surface area contributed by atoms with Crippen molar-refractivity contribution >= 4 is 0 Å². The van der Waals surface area contributed by atoms with Gasteiger partial charge < -0.3 is 15.2 Å². The number of ether oxygens (including phenoxy) is 2. The van der Waals surface area contributed by atoms with E-state index < -0.39 is 6.61 Å². The minimum absolute atomic E-state index is 0.0295. The van der Waals surface area contributed by atoms with E-state index in [-0.39, 0.29) is 18.4 Å². The van der Waals surface area contributed by atoms with Gasteiger partial charge in [-0.1, -0.05) is 25.1 Å². The fourth-order valence-electron chi connectivity index (χ4n) is 1.27. The summed E-state index contributed by atoms with van der Waals surface area (Å²) in [6.45, 7) is -0.244. The van der Waals surface area contributed by atoms with Crippen molar-refractivity contribution in [1.82, 2.24) is 0 Å². The van der Waals surface area contributed by atoms with Crippen molar-refractivity contribution in [2.75, 3.05) is 6.61 Å². The molecule has 17 heavy (non-hydrogen) atoms. The summed E-state index contributed by atoms with van der Waals surface area (Å²) < 4.78 is 34.0. The van der Waals surface area contributed by atoms with E-state index in [4.69, 9.17) is 10.5 Å². The minimum atomic E-state index is -2.82. The largest absolute Gasteiger partial charge is 0.434 e. The molecule has 0 spiro atoms. The van der Waals surface area contributed by atoms with Gasteiger partial charge in [-0.2, -0.15) is 8.78 Å². The lowest BCUT2D eigenvalue weighted by Crippen LogP contribution is -2.24. The van der Waals surface area contributed by atoms with Crippen LogP contribution < -0.4 is 10.5 Å². The van der Waals surface area contributed by atoms with Gasteiger partial charge in [0.2, 0.25) is 0 Å². The van der Waals surface area contributed by atoms with Crippen LogP contribution in [0.25, 0.3) is 0 Å². The van der Waals surface area contributed by atoms with Gasteiger partial charge in [0, 0.05) is 11.6 Å². The zero-order chi connectivity index (χ0) is 12.7. The second kappa shape index (κ2) is 7.19. The Morgan fingerprint density at radius 1 is 1.29 bits per heavy atom. The molecular weight excluding hydrogens is 228 g/mol. The Labute approximate surface area is 99.5 Å². The van der Waals surface area contributed by atoms with Crippen LogP contribution in [-0.4, -0.2) is 19.3 Å². The Bertz CT molecular complexity index is 334. The monoisotopic (exact) mass is 245 g/mol. The zero-order valence-electron chi connectivity index (χ0n) is 9.74. The van der Waals surface area contributed by atoms with Gasteiger partial charge in [-0.25, -0.2) is 0 Å². The summed E-state index contributed by atoms with van der Waals surface area (Å²) in [5, 5.41) is 0. The van der Waals surface area contributed by atoms with E-state index in [1.165, 1.54) is 6.07 Å². The molecule has 2 N–H and O–H groups in total. The van der Waals surface area contributed by atoms with E-state index in [2.05, 4.69) is 4.74 Å². The molecule has 1 aromatic rings. The maximum Gasteiger partial charge on any atom is 0.387 e. The number of rotatable bonds is 7. The van der Waals surface area contributed by atoms with E-state index in [9.17, 15) is 8.78 Å². The smallest absolute Gasteiger partial charge is 0.387 e. The Morgan fingerprint density at radius 2 is 2.00 bits per heavy atom. The van der Waals surface area contributed by atoms with Gasteiger partial charge in [-0.15, -0.1) is 0 Å². The normalized spacial score (nSPS) is 12.8. The highest BCUT2D eigenvalue weighted by molar-refractivity contribution is 5.32. The molecule has 1 aromatic carbocycles. The summed E-state index contributed by atoms with van der Waals surface area (Å²) in [4.78, 5) is 0. The van der Waals surface area contributed by atoms with Crippen LogP contribution >= 0.6 is 0 Å². The van der Waals surface area contributed by atoms with Crippen LogP contribution in [0.3, 0.4) is 0 Å². The third-order valence-corrected chi connectivity index (χ3v) is 2.30. The third kappa shape index (κ3) is 5.10. The van der Waals surface area contributed by atoms with Crippen LogP contribution in [0.1, 0.15) is 18.9 Å². The highest BCUT2D eigenvalue weighted by Crippen LogP contribution is 2.20. The number of para-hydroxylation sites is 1. The number of benzene rings is 1. The number of hydrogen-bond acceptors (Lipinski definition) is 3. The van der Waals surface area contributed by atoms with E-state index in [1.54, 1.807) is 18.2 Å². The summed E-state index contributed by atoms with van der Waals surface area (Å²) in [6, 6.07) is 6.54. The average Bonchev–Trinajstić information content (AvgIpc) is 2.30.